The first-order valence-corrected chi connectivity index (χ1v) is 13.0. The van der Waals surface area contributed by atoms with Crippen LogP contribution in [0.25, 0.3) is 16.6 Å². The summed E-state index contributed by atoms with van der Waals surface area (Å²) < 4.78 is 20.1. The lowest BCUT2D eigenvalue weighted by molar-refractivity contribution is -0.124. The summed E-state index contributed by atoms with van der Waals surface area (Å²) in [6, 6.07) is 1.00. The van der Waals surface area contributed by atoms with Crippen LogP contribution in [0.4, 0.5) is 9.18 Å². The largest absolute Gasteiger partial charge is 0.444 e. The minimum Gasteiger partial charge on any atom is -0.444 e. The topological polar surface area (TPSA) is 121 Å². The van der Waals surface area contributed by atoms with Crippen LogP contribution < -0.4 is 10.6 Å². The van der Waals surface area contributed by atoms with Gasteiger partial charge in [-0.15, -0.1) is 0 Å². The lowest BCUT2D eigenvalue weighted by Gasteiger charge is -2.29. The number of aryl methyl sites for hydroxylation is 1. The van der Waals surface area contributed by atoms with Crippen LogP contribution in [-0.2, 0) is 27.3 Å². The summed E-state index contributed by atoms with van der Waals surface area (Å²) in [5.41, 5.74) is 3.94. The number of hydrogen-bond donors (Lipinski definition) is 3. The summed E-state index contributed by atoms with van der Waals surface area (Å²) in [5, 5.41) is 16.0. The van der Waals surface area contributed by atoms with E-state index in [4.69, 9.17) is 9.72 Å². The number of aliphatic hydroxyl groups is 1. The molecule has 208 valence electrons. The number of ether oxygens (including phenoxy) is 1. The third-order valence-corrected chi connectivity index (χ3v) is 6.99. The van der Waals surface area contributed by atoms with E-state index in [1.54, 1.807) is 40.7 Å². The quantitative estimate of drug-likeness (QED) is 0.479. The van der Waals surface area contributed by atoms with Crippen LogP contribution in [0.3, 0.4) is 0 Å². The molecule has 1 atom stereocenters. The number of nitrogens with one attached hydrogen (secondary N) is 2. The number of allylic oxidation sites excluding steroid dienone is 1. The van der Waals surface area contributed by atoms with Gasteiger partial charge in [0.15, 0.2) is 0 Å². The summed E-state index contributed by atoms with van der Waals surface area (Å²) in [5.74, 6) is -1.04. The first-order chi connectivity index (χ1) is 18.4. The van der Waals surface area contributed by atoms with Crippen molar-refractivity contribution in [3.05, 3.63) is 58.1 Å². The summed E-state index contributed by atoms with van der Waals surface area (Å²) in [4.78, 5) is 44.2. The molecule has 2 aromatic rings. The second kappa shape index (κ2) is 10.8. The number of aromatic nitrogens is 1. The van der Waals surface area contributed by atoms with Crippen LogP contribution in [0.2, 0.25) is 0 Å². The van der Waals surface area contributed by atoms with Crippen LogP contribution in [0, 0.1) is 12.7 Å². The molecule has 1 aliphatic carbocycles. The van der Waals surface area contributed by atoms with Crippen molar-refractivity contribution in [2.24, 2.45) is 0 Å². The molecule has 9 nitrogen and oxygen atoms in total. The number of benzene rings is 1. The normalized spacial score (nSPS) is 17.3. The number of pyridine rings is 1. The molecule has 4 rings (SSSR count). The molecule has 1 aromatic carbocycles. The van der Waals surface area contributed by atoms with E-state index in [1.807, 2.05) is 0 Å². The molecule has 10 heteroatoms. The zero-order chi connectivity index (χ0) is 28.6. The van der Waals surface area contributed by atoms with E-state index >= 15 is 0 Å². The number of carbonyl (C=O) groups is 3. The van der Waals surface area contributed by atoms with Crippen molar-refractivity contribution in [1.29, 1.82) is 0 Å². The first-order valence-electron chi connectivity index (χ1n) is 13.0. The third-order valence-electron chi connectivity index (χ3n) is 6.99. The minimum atomic E-state index is -0.642. The maximum Gasteiger partial charge on any atom is 0.407 e. The number of rotatable bonds is 6. The Kier molecular flexibility index (Phi) is 7.79. The Morgan fingerprint density at radius 3 is 2.67 bits per heavy atom. The van der Waals surface area contributed by atoms with Gasteiger partial charge >= 0.3 is 6.09 Å². The molecule has 1 aromatic heterocycles. The van der Waals surface area contributed by atoms with Gasteiger partial charge in [-0.05, 0) is 64.2 Å². The number of amides is 3. The highest BCUT2D eigenvalue weighted by molar-refractivity contribution is 6.01. The molecular weight excluding hydrogens is 503 g/mol. The van der Waals surface area contributed by atoms with Gasteiger partial charge in [-0.2, -0.15) is 0 Å². The van der Waals surface area contributed by atoms with Gasteiger partial charge in [0, 0.05) is 35.6 Å². The summed E-state index contributed by atoms with van der Waals surface area (Å²) in [6.07, 6.45) is 2.29. The monoisotopic (exact) mass is 538 g/mol. The second-order valence-electron chi connectivity index (χ2n) is 10.9. The molecule has 0 saturated carbocycles. The van der Waals surface area contributed by atoms with Gasteiger partial charge in [-0.3, -0.25) is 9.59 Å². The molecule has 39 heavy (non-hydrogen) atoms. The molecule has 1 aliphatic heterocycles. The molecule has 3 amide bonds. The predicted octanol–water partition coefficient (Wildman–Crippen LogP) is 3.95. The van der Waals surface area contributed by atoms with E-state index in [1.165, 1.54) is 11.0 Å². The Bertz CT molecular complexity index is 1410. The van der Waals surface area contributed by atoms with Crippen LogP contribution in [0.1, 0.15) is 74.5 Å². The molecular formula is C29H35FN4O5. The first kappa shape index (κ1) is 28.2. The summed E-state index contributed by atoms with van der Waals surface area (Å²) in [7, 11) is 0. The minimum absolute atomic E-state index is 0.0442. The summed E-state index contributed by atoms with van der Waals surface area (Å²) >= 11 is 0. The average molecular weight is 539 g/mol. The average Bonchev–Trinajstić information content (AvgIpc) is 3.23. The maximum atomic E-state index is 14.9. The van der Waals surface area contributed by atoms with Crippen molar-refractivity contribution in [3.63, 3.8) is 0 Å². The number of aliphatic hydroxyl groups excluding tert-OH is 1. The third kappa shape index (κ3) is 5.52. The number of carbonyl (C=O) groups excluding carboxylic acids is 3. The van der Waals surface area contributed by atoms with Crippen molar-refractivity contribution < 1.29 is 28.6 Å². The lowest BCUT2D eigenvalue weighted by atomic mass is 9.82. The highest BCUT2D eigenvalue weighted by atomic mass is 19.1. The Labute approximate surface area is 227 Å². The van der Waals surface area contributed by atoms with Gasteiger partial charge < -0.3 is 25.4 Å². The smallest absolute Gasteiger partial charge is 0.407 e. The Balaban J connectivity index is 1.68. The number of halogens is 1. The van der Waals surface area contributed by atoms with Gasteiger partial charge in [0.1, 0.15) is 11.4 Å². The van der Waals surface area contributed by atoms with Crippen molar-refractivity contribution in [3.8, 4) is 0 Å². The SMILES string of the molecule is C=C(CO)C(=O)N1Cc2c(nc3cc(F)c(C)c4c3c2[C@@H](NC(=O)CCNC(=O)OC(C)(C)C)CC4)/C1=C/C. The highest BCUT2D eigenvalue weighted by Gasteiger charge is 2.37. The van der Waals surface area contributed by atoms with E-state index in [-0.39, 0.29) is 36.8 Å². The van der Waals surface area contributed by atoms with Crippen LogP contribution >= 0.6 is 0 Å². The van der Waals surface area contributed by atoms with Gasteiger partial charge in [0.25, 0.3) is 5.91 Å². The predicted molar refractivity (Wildman–Crippen MR) is 145 cm³/mol. The fraction of sp³-hybridized carbons (Fsp3) is 0.448. The maximum absolute atomic E-state index is 14.9. The van der Waals surface area contributed by atoms with E-state index in [9.17, 15) is 23.9 Å². The molecule has 0 spiro atoms. The lowest BCUT2D eigenvalue weighted by Crippen LogP contribution is -2.36. The molecule has 0 bridgehead atoms. The molecule has 2 heterocycles. The van der Waals surface area contributed by atoms with E-state index < -0.39 is 30.3 Å². The zero-order valence-electron chi connectivity index (χ0n) is 23.0. The number of fused-ring (bicyclic) bond motifs is 2. The van der Waals surface area contributed by atoms with Gasteiger partial charge in [-0.25, -0.2) is 14.2 Å². The fourth-order valence-corrected chi connectivity index (χ4v) is 5.25. The molecule has 2 aliphatic rings. The van der Waals surface area contributed by atoms with Gasteiger partial charge in [-0.1, -0.05) is 12.7 Å². The summed E-state index contributed by atoms with van der Waals surface area (Å²) in [6.45, 7) is 12.3. The Morgan fingerprint density at radius 2 is 2.03 bits per heavy atom. The van der Waals surface area contributed by atoms with Crippen molar-refractivity contribution in [1.82, 2.24) is 20.5 Å². The highest BCUT2D eigenvalue weighted by Crippen LogP contribution is 2.45. The standard InChI is InChI=1S/C29H35FN4O5/c1-7-22-26-18(13-34(22)27(37)15(2)14-35)25-20(32-23(36)10-11-31-28(38)39-29(4,5)6)9-8-17-16(3)19(30)12-21(33-26)24(17)25/h7,12,20,35H,2,8-11,13-14H2,1,3-6H3,(H,31,38)(H,32,36)/b22-7-/t20-/m0/s1. The van der Waals surface area contributed by atoms with Gasteiger partial charge in [0.2, 0.25) is 5.91 Å². The number of nitrogens with zero attached hydrogens (tertiary/aromatic N) is 2. The fourth-order valence-electron chi connectivity index (χ4n) is 5.25. The number of hydrogen-bond acceptors (Lipinski definition) is 6. The molecule has 0 radical (unpaired) electrons. The number of alkyl carbamates (subject to hydrolysis) is 1. The van der Waals surface area contributed by atoms with Crippen molar-refractivity contribution in [2.45, 2.75) is 72.1 Å². The van der Waals surface area contributed by atoms with Crippen molar-refractivity contribution in [2.75, 3.05) is 13.2 Å². The van der Waals surface area contributed by atoms with Crippen molar-refractivity contribution >= 4 is 34.5 Å². The van der Waals surface area contributed by atoms with Gasteiger partial charge in [0.05, 0.1) is 36.1 Å². The second-order valence-corrected chi connectivity index (χ2v) is 10.9. The Hall–Kier alpha value is -3.79. The van der Waals surface area contributed by atoms with Crippen LogP contribution in [-0.4, -0.2) is 51.7 Å². The molecule has 3 N–H and O–H groups in total. The van der Waals surface area contributed by atoms with E-state index in [0.29, 0.717) is 35.3 Å². The van der Waals surface area contributed by atoms with Crippen LogP contribution in [0.15, 0.2) is 24.3 Å². The Morgan fingerprint density at radius 1 is 1.31 bits per heavy atom. The van der Waals surface area contributed by atoms with Crippen LogP contribution in [0.5, 0.6) is 0 Å². The van der Waals surface area contributed by atoms with E-state index in [0.717, 1.165) is 22.1 Å². The molecule has 0 fully saturated rings. The zero-order valence-corrected chi connectivity index (χ0v) is 23.0. The van der Waals surface area contributed by atoms with E-state index in [2.05, 4.69) is 17.2 Å². The molecule has 0 saturated heterocycles. The molecule has 0 unspecified atom stereocenters.